The summed E-state index contributed by atoms with van der Waals surface area (Å²) in [5, 5.41) is 20.0. The Hall–Kier alpha value is -2.89. The van der Waals surface area contributed by atoms with Gasteiger partial charge >= 0.3 is 5.97 Å². The Balaban J connectivity index is 1.96. The number of carboxylic acids is 1. The lowest BCUT2D eigenvalue weighted by Gasteiger charge is -2.18. The number of hydrogen-bond donors (Lipinski definition) is 1. The summed E-state index contributed by atoms with van der Waals surface area (Å²) in [5.41, 5.74) is 2.38. The van der Waals surface area contributed by atoms with E-state index in [1.165, 1.54) is 23.3 Å². The SMILES string of the molecule is O=C(O)c1cc(N2Cc3ccccc3C2)ccc1[N+](=O)[O-]. The molecule has 106 valence electrons. The van der Waals surface area contributed by atoms with E-state index in [9.17, 15) is 14.9 Å². The lowest BCUT2D eigenvalue weighted by molar-refractivity contribution is -0.385. The van der Waals surface area contributed by atoms with Crippen molar-refractivity contribution in [1.82, 2.24) is 0 Å². The van der Waals surface area contributed by atoms with Gasteiger partial charge in [-0.05, 0) is 23.3 Å². The van der Waals surface area contributed by atoms with Crippen molar-refractivity contribution in [2.45, 2.75) is 13.1 Å². The predicted octanol–water partition coefficient (Wildman–Crippen LogP) is 2.81. The fourth-order valence-electron chi connectivity index (χ4n) is 2.57. The summed E-state index contributed by atoms with van der Waals surface area (Å²) in [6, 6.07) is 12.2. The number of carbonyl (C=O) groups is 1. The van der Waals surface area contributed by atoms with Crippen LogP contribution in [-0.2, 0) is 13.1 Å². The summed E-state index contributed by atoms with van der Waals surface area (Å²) in [6.45, 7) is 1.35. The minimum Gasteiger partial charge on any atom is -0.477 e. The van der Waals surface area contributed by atoms with E-state index in [0.29, 0.717) is 18.8 Å². The monoisotopic (exact) mass is 284 g/mol. The molecular weight excluding hydrogens is 272 g/mol. The fourth-order valence-corrected chi connectivity index (χ4v) is 2.57. The number of carboxylic acid groups (broad SMARTS) is 1. The number of hydrogen-bond acceptors (Lipinski definition) is 4. The van der Waals surface area contributed by atoms with E-state index in [0.717, 1.165) is 0 Å². The molecule has 1 aliphatic heterocycles. The number of fused-ring (bicyclic) bond motifs is 1. The summed E-state index contributed by atoms with van der Waals surface area (Å²) in [6.07, 6.45) is 0. The van der Waals surface area contributed by atoms with E-state index in [1.54, 1.807) is 6.07 Å². The zero-order chi connectivity index (χ0) is 15.0. The number of benzene rings is 2. The minimum absolute atomic E-state index is 0.284. The fraction of sp³-hybridized carbons (Fsp3) is 0.133. The first-order valence-electron chi connectivity index (χ1n) is 6.40. The second-order valence-electron chi connectivity index (χ2n) is 4.89. The molecule has 1 aliphatic rings. The van der Waals surface area contributed by atoms with Gasteiger partial charge in [-0.2, -0.15) is 0 Å². The summed E-state index contributed by atoms with van der Waals surface area (Å²) in [4.78, 5) is 23.4. The van der Waals surface area contributed by atoms with Gasteiger partial charge in [0.1, 0.15) is 5.56 Å². The van der Waals surface area contributed by atoms with Crippen molar-refractivity contribution >= 4 is 17.3 Å². The zero-order valence-electron chi connectivity index (χ0n) is 11.0. The molecule has 0 atom stereocenters. The van der Waals surface area contributed by atoms with E-state index in [4.69, 9.17) is 5.11 Å². The Morgan fingerprint density at radius 3 is 2.29 bits per heavy atom. The molecule has 1 N–H and O–H groups in total. The molecule has 0 fully saturated rings. The molecule has 0 unspecified atom stereocenters. The topological polar surface area (TPSA) is 83.7 Å². The van der Waals surface area contributed by atoms with Crippen molar-refractivity contribution in [1.29, 1.82) is 0 Å². The number of nitrogens with zero attached hydrogens (tertiary/aromatic N) is 2. The van der Waals surface area contributed by atoms with E-state index in [1.807, 2.05) is 29.2 Å². The van der Waals surface area contributed by atoms with Crippen LogP contribution >= 0.6 is 0 Å². The Kier molecular flexibility index (Phi) is 3.06. The standard InChI is InChI=1S/C15H12N2O4/c18-15(19)13-7-12(5-6-14(13)17(20)21)16-8-10-3-1-2-4-11(10)9-16/h1-7H,8-9H2,(H,18,19). The van der Waals surface area contributed by atoms with Crippen LogP contribution in [0.25, 0.3) is 0 Å². The lowest BCUT2D eigenvalue weighted by Crippen LogP contribution is -2.15. The third-order valence-corrected chi connectivity index (χ3v) is 3.61. The van der Waals surface area contributed by atoms with Crippen LogP contribution in [0.2, 0.25) is 0 Å². The maximum atomic E-state index is 11.2. The second kappa shape index (κ2) is 4.90. The van der Waals surface area contributed by atoms with E-state index >= 15 is 0 Å². The molecule has 2 aromatic carbocycles. The van der Waals surface area contributed by atoms with Gasteiger partial charge in [-0.1, -0.05) is 24.3 Å². The molecule has 0 spiro atoms. The third kappa shape index (κ3) is 2.31. The predicted molar refractivity (Wildman–Crippen MR) is 76.4 cm³/mol. The largest absolute Gasteiger partial charge is 0.477 e. The van der Waals surface area contributed by atoms with Gasteiger partial charge in [-0.15, -0.1) is 0 Å². The van der Waals surface area contributed by atoms with E-state index in [-0.39, 0.29) is 11.3 Å². The normalized spacial score (nSPS) is 13.0. The number of rotatable bonds is 3. The molecule has 0 aliphatic carbocycles. The van der Waals surface area contributed by atoms with Gasteiger partial charge in [0.25, 0.3) is 5.69 Å². The molecule has 0 aromatic heterocycles. The van der Waals surface area contributed by atoms with Gasteiger partial charge in [0, 0.05) is 24.8 Å². The molecule has 0 radical (unpaired) electrons. The first kappa shape index (κ1) is 13.1. The average Bonchev–Trinajstić information content (AvgIpc) is 2.90. The van der Waals surface area contributed by atoms with Crippen LogP contribution in [0.3, 0.4) is 0 Å². The van der Waals surface area contributed by atoms with Crippen LogP contribution in [-0.4, -0.2) is 16.0 Å². The number of nitro benzene ring substituents is 1. The number of aromatic carboxylic acids is 1. The third-order valence-electron chi connectivity index (χ3n) is 3.61. The van der Waals surface area contributed by atoms with E-state index < -0.39 is 10.9 Å². The van der Waals surface area contributed by atoms with Gasteiger partial charge in [0.2, 0.25) is 0 Å². The Labute approximate surface area is 120 Å². The van der Waals surface area contributed by atoms with Crippen LogP contribution < -0.4 is 4.90 Å². The molecule has 1 heterocycles. The van der Waals surface area contributed by atoms with Crippen LogP contribution in [0, 0.1) is 10.1 Å². The molecule has 6 nitrogen and oxygen atoms in total. The molecule has 0 amide bonds. The summed E-state index contributed by atoms with van der Waals surface area (Å²) < 4.78 is 0. The molecule has 0 bridgehead atoms. The van der Waals surface area contributed by atoms with Crippen LogP contribution in [0.1, 0.15) is 21.5 Å². The molecular formula is C15H12N2O4. The smallest absolute Gasteiger partial charge is 0.342 e. The maximum Gasteiger partial charge on any atom is 0.342 e. The first-order valence-corrected chi connectivity index (χ1v) is 6.40. The molecule has 21 heavy (non-hydrogen) atoms. The second-order valence-corrected chi connectivity index (χ2v) is 4.89. The summed E-state index contributed by atoms with van der Waals surface area (Å²) in [7, 11) is 0. The van der Waals surface area contributed by atoms with Gasteiger partial charge < -0.3 is 10.0 Å². The molecule has 3 rings (SSSR count). The molecule has 0 saturated carbocycles. The van der Waals surface area contributed by atoms with Crippen LogP contribution in [0.5, 0.6) is 0 Å². The van der Waals surface area contributed by atoms with Crippen LogP contribution in [0.4, 0.5) is 11.4 Å². The van der Waals surface area contributed by atoms with Crippen molar-refractivity contribution in [3.63, 3.8) is 0 Å². The molecule has 0 saturated heterocycles. The summed E-state index contributed by atoms with van der Waals surface area (Å²) >= 11 is 0. The van der Waals surface area contributed by atoms with Gasteiger partial charge in [-0.3, -0.25) is 10.1 Å². The van der Waals surface area contributed by atoms with Crippen molar-refractivity contribution < 1.29 is 14.8 Å². The Morgan fingerprint density at radius 2 is 1.76 bits per heavy atom. The number of nitro groups is 1. The van der Waals surface area contributed by atoms with Crippen molar-refractivity contribution in [3.05, 3.63) is 69.3 Å². The van der Waals surface area contributed by atoms with Gasteiger partial charge in [-0.25, -0.2) is 4.79 Å². The quantitative estimate of drug-likeness (QED) is 0.692. The van der Waals surface area contributed by atoms with Crippen molar-refractivity contribution in [2.75, 3.05) is 4.90 Å². The van der Waals surface area contributed by atoms with Crippen LogP contribution in [0.15, 0.2) is 42.5 Å². The molecule has 6 heteroatoms. The van der Waals surface area contributed by atoms with E-state index in [2.05, 4.69) is 0 Å². The number of anilines is 1. The van der Waals surface area contributed by atoms with Gasteiger partial charge in [0.15, 0.2) is 0 Å². The summed E-state index contributed by atoms with van der Waals surface area (Å²) in [5.74, 6) is -1.29. The van der Waals surface area contributed by atoms with Crippen molar-refractivity contribution in [3.8, 4) is 0 Å². The average molecular weight is 284 g/mol. The van der Waals surface area contributed by atoms with Gasteiger partial charge in [0.05, 0.1) is 4.92 Å². The Morgan fingerprint density at radius 1 is 1.14 bits per heavy atom. The highest BCUT2D eigenvalue weighted by Crippen LogP contribution is 2.31. The lowest BCUT2D eigenvalue weighted by atomic mass is 10.1. The first-order chi connectivity index (χ1) is 10.1. The highest BCUT2D eigenvalue weighted by molar-refractivity contribution is 5.93. The molecule has 2 aromatic rings. The highest BCUT2D eigenvalue weighted by Gasteiger charge is 2.24. The highest BCUT2D eigenvalue weighted by atomic mass is 16.6. The van der Waals surface area contributed by atoms with Crippen molar-refractivity contribution in [2.24, 2.45) is 0 Å². The zero-order valence-corrected chi connectivity index (χ0v) is 11.0. The maximum absolute atomic E-state index is 11.2. The Bertz CT molecular complexity index is 717. The minimum atomic E-state index is -1.29.